The molecule has 0 aromatic carbocycles. The molecule has 1 radical (unpaired) electrons. The van der Waals surface area contributed by atoms with Crippen LogP contribution in [0.5, 0.6) is 0 Å². The molecule has 0 N–H and O–H groups in total. The van der Waals surface area contributed by atoms with E-state index in [9.17, 15) is 4.79 Å². The molecular weight excluding hydrogens is 144 g/mol. The van der Waals surface area contributed by atoms with Crippen molar-refractivity contribution in [3.8, 4) is 0 Å². The number of hydrogen-bond donors (Lipinski definition) is 0. The smallest absolute Gasteiger partial charge is 0.434 e. The lowest BCUT2D eigenvalue weighted by atomic mass is 10.2. The van der Waals surface area contributed by atoms with Crippen molar-refractivity contribution in [2.45, 2.75) is 27.2 Å². The Labute approximate surface area is 67.7 Å². The molecule has 0 fully saturated rings. The van der Waals surface area contributed by atoms with E-state index in [0.29, 0.717) is 6.61 Å². The van der Waals surface area contributed by atoms with Crippen LogP contribution in [0, 0.1) is 12.5 Å². The number of hydrogen-bond acceptors (Lipinski definition) is 3. The van der Waals surface area contributed by atoms with Gasteiger partial charge in [0.2, 0.25) is 0 Å². The summed E-state index contributed by atoms with van der Waals surface area (Å²) in [4.78, 5) is 10.6. The third-order valence-corrected chi connectivity index (χ3v) is 0.860. The van der Waals surface area contributed by atoms with Crippen molar-refractivity contribution < 1.29 is 14.3 Å². The second-order valence-electron chi connectivity index (χ2n) is 2.60. The van der Waals surface area contributed by atoms with E-state index in [1.54, 1.807) is 0 Å². The van der Waals surface area contributed by atoms with E-state index in [1.165, 1.54) is 6.61 Å². The molecule has 3 heteroatoms. The maximum atomic E-state index is 10.6. The van der Waals surface area contributed by atoms with Crippen LogP contribution < -0.4 is 0 Å². The van der Waals surface area contributed by atoms with Crippen molar-refractivity contribution in [2.75, 3.05) is 6.61 Å². The molecule has 0 rings (SSSR count). The van der Waals surface area contributed by atoms with Crippen molar-refractivity contribution in [3.05, 3.63) is 6.61 Å². The molecule has 0 saturated carbocycles. The van der Waals surface area contributed by atoms with E-state index in [0.717, 1.165) is 6.42 Å². The highest BCUT2D eigenvalue weighted by atomic mass is 16.7. The minimum Gasteiger partial charge on any atom is -0.434 e. The van der Waals surface area contributed by atoms with Crippen LogP contribution >= 0.6 is 0 Å². The monoisotopic (exact) mass is 159 g/mol. The second kappa shape index (κ2) is 6.01. The molecule has 11 heavy (non-hydrogen) atoms. The van der Waals surface area contributed by atoms with E-state index < -0.39 is 6.16 Å². The number of rotatable bonds is 4. The molecule has 0 heterocycles. The van der Waals surface area contributed by atoms with Gasteiger partial charge >= 0.3 is 6.16 Å². The summed E-state index contributed by atoms with van der Waals surface area (Å²) < 4.78 is 9.27. The summed E-state index contributed by atoms with van der Waals surface area (Å²) in [6.07, 6.45) is 0.206. The Morgan fingerprint density at radius 3 is 2.64 bits per heavy atom. The van der Waals surface area contributed by atoms with E-state index in [2.05, 4.69) is 9.47 Å². The van der Waals surface area contributed by atoms with Gasteiger partial charge in [0.1, 0.15) is 6.61 Å². The molecule has 0 amide bonds. The predicted octanol–water partition coefficient (Wildman–Crippen LogP) is 2.37. The fraction of sp³-hybridized carbons (Fsp3) is 0.750. The van der Waals surface area contributed by atoms with Crippen LogP contribution in [-0.4, -0.2) is 12.8 Å². The molecule has 0 saturated heterocycles. The van der Waals surface area contributed by atoms with Gasteiger partial charge in [0.15, 0.2) is 0 Å². The fourth-order valence-electron chi connectivity index (χ4n) is 0.411. The lowest BCUT2D eigenvalue weighted by Gasteiger charge is -2.05. The first-order valence-corrected chi connectivity index (χ1v) is 3.83. The standard InChI is InChI=1S/C8H15O3/c1-4-5-10-8(9)11-6-7(2)3/h6-7H,4-5H2,1-3H3. The summed E-state index contributed by atoms with van der Waals surface area (Å²) in [5, 5.41) is 0. The van der Waals surface area contributed by atoms with E-state index in [-0.39, 0.29) is 5.92 Å². The Morgan fingerprint density at radius 2 is 2.18 bits per heavy atom. The largest absolute Gasteiger partial charge is 0.508 e. The van der Waals surface area contributed by atoms with Gasteiger partial charge in [0.05, 0.1) is 6.61 Å². The topological polar surface area (TPSA) is 35.5 Å². The van der Waals surface area contributed by atoms with Gasteiger partial charge in [-0.2, -0.15) is 0 Å². The minimum absolute atomic E-state index is 0.240. The van der Waals surface area contributed by atoms with E-state index in [1.807, 2.05) is 20.8 Å². The SMILES string of the molecule is CCCOC(=O)O[CH]C(C)C. The Morgan fingerprint density at radius 1 is 1.55 bits per heavy atom. The molecule has 0 unspecified atom stereocenters. The Balaban J connectivity index is 3.23. The predicted molar refractivity (Wildman–Crippen MR) is 41.9 cm³/mol. The second-order valence-corrected chi connectivity index (χ2v) is 2.60. The van der Waals surface area contributed by atoms with Crippen molar-refractivity contribution in [1.82, 2.24) is 0 Å². The van der Waals surface area contributed by atoms with Gasteiger partial charge in [-0.05, 0) is 12.3 Å². The molecule has 0 bridgehead atoms. The molecule has 0 aromatic rings. The molecule has 0 aromatic heterocycles. The lowest BCUT2D eigenvalue weighted by molar-refractivity contribution is 0.0683. The molecule has 0 atom stereocenters. The minimum atomic E-state index is -0.611. The van der Waals surface area contributed by atoms with Gasteiger partial charge in [0.25, 0.3) is 0 Å². The van der Waals surface area contributed by atoms with Crippen LogP contribution in [0.15, 0.2) is 0 Å². The quantitative estimate of drug-likeness (QED) is 0.591. The maximum absolute atomic E-state index is 10.6. The van der Waals surface area contributed by atoms with Gasteiger partial charge in [0, 0.05) is 0 Å². The van der Waals surface area contributed by atoms with Crippen LogP contribution in [0.1, 0.15) is 27.2 Å². The average Bonchev–Trinajstić information content (AvgIpc) is 1.97. The maximum Gasteiger partial charge on any atom is 0.508 e. The van der Waals surface area contributed by atoms with Gasteiger partial charge in [-0.3, -0.25) is 0 Å². The zero-order chi connectivity index (χ0) is 8.69. The zero-order valence-electron chi connectivity index (χ0n) is 7.29. The van der Waals surface area contributed by atoms with Gasteiger partial charge < -0.3 is 9.47 Å². The highest BCUT2D eigenvalue weighted by molar-refractivity contribution is 5.60. The van der Waals surface area contributed by atoms with Crippen LogP contribution in [0.4, 0.5) is 4.79 Å². The Hall–Kier alpha value is -0.730. The molecule has 0 aliphatic rings. The first kappa shape index (κ1) is 10.3. The Bertz CT molecular complexity index is 110. The lowest BCUT2D eigenvalue weighted by Crippen LogP contribution is -2.08. The van der Waals surface area contributed by atoms with Crippen LogP contribution in [0.2, 0.25) is 0 Å². The third kappa shape index (κ3) is 7.16. The van der Waals surface area contributed by atoms with Crippen molar-refractivity contribution >= 4 is 6.16 Å². The van der Waals surface area contributed by atoms with Gasteiger partial charge in [-0.1, -0.05) is 20.8 Å². The molecule has 0 spiro atoms. The van der Waals surface area contributed by atoms with Gasteiger partial charge in [-0.25, -0.2) is 4.79 Å². The van der Waals surface area contributed by atoms with E-state index in [4.69, 9.17) is 0 Å². The van der Waals surface area contributed by atoms with Crippen LogP contribution in [0.25, 0.3) is 0 Å². The summed E-state index contributed by atoms with van der Waals surface area (Å²) in [5.74, 6) is 0.240. The van der Waals surface area contributed by atoms with Crippen molar-refractivity contribution in [1.29, 1.82) is 0 Å². The average molecular weight is 159 g/mol. The fourth-order valence-corrected chi connectivity index (χ4v) is 0.411. The molecule has 0 aliphatic heterocycles. The summed E-state index contributed by atoms with van der Waals surface area (Å²) in [6, 6.07) is 0. The first-order chi connectivity index (χ1) is 5.16. The summed E-state index contributed by atoms with van der Waals surface area (Å²) >= 11 is 0. The molecule has 65 valence electrons. The Kier molecular flexibility index (Phi) is 5.61. The summed E-state index contributed by atoms with van der Waals surface area (Å²) in [7, 11) is 0. The zero-order valence-corrected chi connectivity index (χ0v) is 7.29. The van der Waals surface area contributed by atoms with Crippen molar-refractivity contribution in [3.63, 3.8) is 0 Å². The normalized spacial score (nSPS) is 9.82. The summed E-state index contributed by atoms with van der Waals surface area (Å²) in [5.41, 5.74) is 0. The third-order valence-electron chi connectivity index (χ3n) is 0.860. The molecular formula is C8H15O3. The number of carbonyl (C=O) groups excluding carboxylic acids is 1. The van der Waals surface area contributed by atoms with E-state index >= 15 is 0 Å². The number of ether oxygens (including phenoxy) is 2. The first-order valence-electron chi connectivity index (χ1n) is 3.83. The number of carbonyl (C=O) groups is 1. The van der Waals surface area contributed by atoms with Crippen molar-refractivity contribution in [2.24, 2.45) is 5.92 Å². The van der Waals surface area contributed by atoms with Gasteiger partial charge in [-0.15, -0.1) is 0 Å². The molecule has 3 nitrogen and oxygen atoms in total. The van der Waals surface area contributed by atoms with Crippen LogP contribution in [-0.2, 0) is 9.47 Å². The highest BCUT2D eigenvalue weighted by Crippen LogP contribution is 2.00. The highest BCUT2D eigenvalue weighted by Gasteiger charge is 2.04. The summed E-state index contributed by atoms with van der Waals surface area (Å²) in [6.45, 7) is 7.66. The van der Waals surface area contributed by atoms with Crippen LogP contribution in [0.3, 0.4) is 0 Å². The molecule has 0 aliphatic carbocycles.